The largest absolute Gasteiger partial charge is 0.290 e. The second-order valence-corrected chi connectivity index (χ2v) is 5.70. The molecule has 0 atom stereocenters. The minimum absolute atomic E-state index is 0.266. The smallest absolute Gasteiger partial charge is 0.269 e. The van der Waals surface area contributed by atoms with Crippen LogP contribution in [0.15, 0.2) is 36.7 Å². The third-order valence-electron chi connectivity index (χ3n) is 2.78. The molecule has 20 heavy (non-hydrogen) atoms. The molecule has 0 radical (unpaired) electrons. The van der Waals surface area contributed by atoms with Gasteiger partial charge in [-0.1, -0.05) is 23.7 Å². The number of anilines is 1. The van der Waals surface area contributed by atoms with Crippen molar-refractivity contribution in [3.05, 3.63) is 52.1 Å². The molecule has 2 aromatic heterocycles. The molecule has 4 nitrogen and oxygen atoms in total. The SMILES string of the molecule is Cc1ccc2c(Cl)c(C(=O)Nc3ncccn3)sc2c1. The molecule has 3 rings (SSSR count). The number of nitrogens with zero attached hydrogens (tertiary/aromatic N) is 2. The number of nitrogens with one attached hydrogen (secondary N) is 1. The third kappa shape index (κ3) is 2.37. The number of benzene rings is 1. The second kappa shape index (κ2) is 5.19. The summed E-state index contributed by atoms with van der Waals surface area (Å²) in [6, 6.07) is 7.61. The Kier molecular flexibility index (Phi) is 3.38. The molecule has 0 fully saturated rings. The van der Waals surface area contributed by atoms with E-state index in [0.717, 1.165) is 15.6 Å². The van der Waals surface area contributed by atoms with Gasteiger partial charge in [0.15, 0.2) is 0 Å². The lowest BCUT2D eigenvalue weighted by molar-refractivity contribution is 0.103. The molecule has 0 aliphatic rings. The van der Waals surface area contributed by atoms with Crippen LogP contribution >= 0.6 is 22.9 Å². The van der Waals surface area contributed by atoms with Crippen molar-refractivity contribution in [3.8, 4) is 0 Å². The van der Waals surface area contributed by atoms with Crippen LogP contribution in [0.1, 0.15) is 15.2 Å². The first-order chi connectivity index (χ1) is 9.65. The molecule has 0 bridgehead atoms. The van der Waals surface area contributed by atoms with Crippen molar-refractivity contribution in [2.45, 2.75) is 6.92 Å². The maximum absolute atomic E-state index is 12.2. The summed E-state index contributed by atoms with van der Waals surface area (Å²) in [6.07, 6.45) is 3.14. The lowest BCUT2D eigenvalue weighted by Gasteiger charge is -2.00. The Labute approximate surface area is 124 Å². The Morgan fingerprint density at radius 3 is 2.80 bits per heavy atom. The van der Waals surface area contributed by atoms with Crippen molar-refractivity contribution in [2.75, 3.05) is 5.32 Å². The van der Waals surface area contributed by atoms with Crippen molar-refractivity contribution in [3.63, 3.8) is 0 Å². The van der Waals surface area contributed by atoms with Crippen LogP contribution in [-0.2, 0) is 0 Å². The fourth-order valence-electron chi connectivity index (χ4n) is 1.84. The van der Waals surface area contributed by atoms with Crippen molar-refractivity contribution >= 4 is 44.9 Å². The van der Waals surface area contributed by atoms with E-state index in [9.17, 15) is 4.79 Å². The topological polar surface area (TPSA) is 54.9 Å². The summed E-state index contributed by atoms with van der Waals surface area (Å²) in [6.45, 7) is 2.00. The molecule has 3 aromatic rings. The van der Waals surface area contributed by atoms with Crippen molar-refractivity contribution < 1.29 is 4.79 Å². The van der Waals surface area contributed by atoms with Crippen molar-refractivity contribution in [2.24, 2.45) is 0 Å². The maximum atomic E-state index is 12.2. The van der Waals surface area contributed by atoms with E-state index in [2.05, 4.69) is 15.3 Å². The average molecular weight is 304 g/mol. The lowest BCUT2D eigenvalue weighted by atomic mass is 10.2. The van der Waals surface area contributed by atoms with Crippen LogP contribution < -0.4 is 5.32 Å². The van der Waals surface area contributed by atoms with Crippen LogP contribution in [0.5, 0.6) is 0 Å². The number of aryl methyl sites for hydroxylation is 1. The maximum Gasteiger partial charge on any atom is 0.269 e. The zero-order chi connectivity index (χ0) is 14.1. The second-order valence-electron chi connectivity index (χ2n) is 4.27. The summed E-state index contributed by atoms with van der Waals surface area (Å²) in [5.74, 6) is -0.0257. The standard InChI is InChI=1S/C14H10ClN3OS/c1-8-3-4-9-10(7-8)20-12(11(9)15)13(19)18-14-16-5-2-6-17-14/h2-7H,1H3,(H,16,17,18,19). The number of amides is 1. The van der Waals surface area contributed by atoms with Crippen LogP contribution in [0, 0.1) is 6.92 Å². The van der Waals surface area contributed by atoms with Crippen LogP contribution in [0.25, 0.3) is 10.1 Å². The Morgan fingerprint density at radius 2 is 2.05 bits per heavy atom. The summed E-state index contributed by atoms with van der Waals surface area (Å²) in [5.41, 5.74) is 1.13. The highest BCUT2D eigenvalue weighted by molar-refractivity contribution is 7.21. The molecule has 0 saturated carbocycles. The number of thiophene rings is 1. The normalized spacial score (nSPS) is 10.7. The van der Waals surface area contributed by atoms with Crippen LogP contribution in [0.3, 0.4) is 0 Å². The Morgan fingerprint density at radius 1 is 1.30 bits per heavy atom. The van der Waals surface area contributed by atoms with Gasteiger partial charge >= 0.3 is 0 Å². The van der Waals surface area contributed by atoms with Gasteiger partial charge in [-0.25, -0.2) is 9.97 Å². The first kappa shape index (κ1) is 13.0. The van der Waals surface area contributed by atoms with E-state index in [0.29, 0.717) is 9.90 Å². The molecule has 0 aliphatic carbocycles. The minimum Gasteiger partial charge on any atom is -0.290 e. The third-order valence-corrected chi connectivity index (χ3v) is 4.44. The molecule has 0 spiro atoms. The Hall–Kier alpha value is -1.98. The number of halogens is 1. The van der Waals surface area contributed by atoms with Gasteiger partial charge in [0.2, 0.25) is 5.95 Å². The molecule has 100 valence electrons. The molecule has 1 aromatic carbocycles. The molecule has 0 aliphatic heterocycles. The lowest BCUT2D eigenvalue weighted by Crippen LogP contribution is -2.12. The summed E-state index contributed by atoms with van der Waals surface area (Å²) in [5, 5.41) is 4.00. The van der Waals surface area contributed by atoms with Gasteiger partial charge in [-0.15, -0.1) is 11.3 Å². The predicted molar refractivity (Wildman–Crippen MR) is 81.6 cm³/mol. The highest BCUT2D eigenvalue weighted by Crippen LogP contribution is 2.36. The Bertz CT molecular complexity index is 786. The number of aromatic nitrogens is 2. The van der Waals surface area contributed by atoms with Gasteiger partial charge in [-0.3, -0.25) is 10.1 Å². The molecule has 0 saturated heterocycles. The first-order valence-corrected chi connectivity index (χ1v) is 7.11. The summed E-state index contributed by atoms with van der Waals surface area (Å²) >= 11 is 7.65. The predicted octanol–water partition coefficient (Wildman–Crippen LogP) is 3.91. The number of rotatable bonds is 2. The van der Waals surface area contributed by atoms with Crippen molar-refractivity contribution in [1.29, 1.82) is 0 Å². The van der Waals surface area contributed by atoms with Crippen LogP contribution in [0.4, 0.5) is 5.95 Å². The zero-order valence-electron chi connectivity index (χ0n) is 10.6. The number of fused-ring (bicyclic) bond motifs is 1. The molecular formula is C14H10ClN3OS. The van der Waals surface area contributed by atoms with E-state index in [1.54, 1.807) is 18.5 Å². The van der Waals surface area contributed by atoms with Gasteiger partial charge in [0.25, 0.3) is 5.91 Å². The number of carbonyl (C=O) groups is 1. The Balaban J connectivity index is 1.97. The number of hydrogen-bond donors (Lipinski definition) is 1. The van der Waals surface area contributed by atoms with E-state index in [1.165, 1.54) is 11.3 Å². The fourth-order valence-corrected chi connectivity index (χ4v) is 3.35. The number of carbonyl (C=O) groups excluding carboxylic acids is 1. The minimum atomic E-state index is -0.292. The monoisotopic (exact) mass is 303 g/mol. The van der Waals surface area contributed by atoms with Gasteiger partial charge in [-0.05, 0) is 24.6 Å². The fraction of sp³-hybridized carbons (Fsp3) is 0.0714. The summed E-state index contributed by atoms with van der Waals surface area (Å²) in [7, 11) is 0. The van der Waals surface area contributed by atoms with Crippen LogP contribution in [0.2, 0.25) is 5.02 Å². The van der Waals surface area contributed by atoms with Gasteiger partial charge in [-0.2, -0.15) is 0 Å². The summed E-state index contributed by atoms with van der Waals surface area (Å²) < 4.78 is 0.995. The van der Waals surface area contributed by atoms with Crippen molar-refractivity contribution in [1.82, 2.24) is 9.97 Å². The van der Waals surface area contributed by atoms with Gasteiger partial charge in [0.05, 0.1) is 5.02 Å². The van der Waals surface area contributed by atoms with E-state index in [4.69, 9.17) is 11.6 Å². The molecule has 2 heterocycles. The van der Waals surface area contributed by atoms with Gasteiger partial charge in [0, 0.05) is 22.5 Å². The summed E-state index contributed by atoms with van der Waals surface area (Å²) in [4.78, 5) is 20.6. The quantitative estimate of drug-likeness (QED) is 0.781. The highest BCUT2D eigenvalue weighted by Gasteiger charge is 2.17. The van der Waals surface area contributed by atoms with E-state index in [-0.39, 0.29) is 11.9 Å². The first-order valence-electron chi connectivity index (χ1n) is 5.92. The number of hydrogen-bond acceptors (Lipinski definition) is 4. The molecule has 1 N–H and O–H groups in total. The van der Waals surface area contributed by atoms with Gasteiger partial charge in [0.1, 0.15) is 4.88 Å². The average Bonchev–Trinajstić information content (AvgIpc) is 2.76. The van der Waals surface area contributed by atoms with E-state index >= 15 is 0 Å². The molecular weight excluding hydrogens is 294 g/mol. The molecule has 6 heteroatoms. The molecule has 1 amide bonds. The zero-order valence-corrected chi connectivity index (χ0v) is 12.1. The molecule has 0 unspecified atom stereocenters. The van der Waals surface area contributed by atoms with E-state index in [1.807, 2.05) is 25.1 Å². The van der Waals surface area contributed by atoms with Gasteiger partial charge < -0.3 is 0 Å². The van der Waals surface area contributed by atoms with E-state index < -0.39 is 0 Å². The highest BCUT2D eigenvalue weighted by atomic mass is 35.5. The van der Waals surface area contributed by atoms with Crippen LogP contribution in [-0.4, -0.2) is 15.9 Å².